The Morgan fingerprint density at radius 1 is 1.12 bits per heavy atom. The van der Waals surface area contributed by atoms with E-state index < -0.39 is 23.5 Å². The van der Waals surface area contributed by atoms with E-state index in [2.05, 4.69) is 5.32 Å². The Kier molecular flexibility index (Phi) is 9.95. The van der Waals surface area contributed by atoms with Gasteiger partial charge in [-0.3, -0.25) is 19.7 Å². The zero-order valence-corrected chi connectivity index (χ0v) is 20.9. The quantitative estimate of drug-likeness (QED) is 0.351. The van der Waals surface area contributed by atoms with E-state index in [0.717, 1.165) is 0 Å². The summed E-state index contributed by atoms with van der Waals surface area (Å²) in [5, 5.41) is 14.6. The van der Waals surface area contributed by atoms with Gasteiger partial charge in [-0.25, -0.2) is 0 Å². The molecule has 9 nitrogen and oxygen atoms in total. The molecule has 0 fully saturated rings. The fraction of sp³-hybridized carbons (Fsp3) is 0.391. The van der Waals surface area contributed by atoms with Crippen molar-refractivity contribution in [2.75, 3.05) is 20.3 Å². The molecule has 2 rings (SSSR count). The molecule has 34 heavy (non-hydrogen) atoms. The van der Waals surface area contributed by atoms with Crippen LogP contribution in [0.2, 0.25) is 10.0 Å². The van der Waals surface area contributed by atoms with Gasteiger partial charge in [-0.15, -0.1) is 0 Å². The topological polar surface area (TPSA) is 111 Å². The summed E-state index contributed by atoms with van der Waals surface area (Å²) in [5.41, 5.74) is 0.459. The number of carbonyl (C=O) groups is 2. The van der Waals surface area contributed by atoms with Crippen LogP contribution >= 0.6 is 23.2 Å². The van der Waals surface area contributed by atoms with Crippen molar-refractivity contribution in [3.63, 3.8) is 0 Å². The van der Waals surface area contributed by atoms with Gasteiger partial charge in [0.2, 0.25) is 11.7 Å². The molecular formula is C23H27Cl2N3O6. The number of amides is 2. The highest BCUT2D eigenvalue weighted by atomic mass is 35.5. The lowest BCUT2D eigenvalue weighted by molar-refractivity contribution is -0.385. The van der Waals surface area contributed by atoms with Gasteiger partial charge in [0.1, 0.15) is 11.8 Å². The first-order chi connectivity index (χ1) is 16.0. The van der Waals surface area contributed by atoms with Gasteiger partial charge in [-0.1, -0.05) is 43.1 Å². The minimum absolute atomic E-state index is 0.00374. The van der Waals surface area contributed by atoms with Gasteiger partial charge in [0.15, 0.2) is 6.61 Å². The molecule has 2 aromatic carbocycles. The second-order valence-electron chi connectivity index (χ2n) is 7.96. The number of hydrogen-bond donors (Lipinski definition) is 1. The summed E-state index contributed by atoms with van der Waals surface area (Å²) >= 11 is 12.1. The number of benzene rings is 2. The van der Waals surface area contributed by atoms with Gasteiger partial charge in [0, 0.05) is 25.2 Å². The predicted molar refractivity (Wildman–Crippen MR) is 129 cm³/mol. The maximum absolute atomic E-state index is 13.1. The molecule has 11 heteroatoms. The minimum atomic E-state index is -0.796. The molecule has 0 aromatic heterocycles. The Morgan fingerprint density at radius 2 is 1.82 bits per heavy atom. The predicted octanol–water partition coefficient (Wildman–Crippen LogP) is 4.48. The molecule has 0 heterocycles. The van der Waals surface area contributed by atoms with Gasteiger partial charge in [0.05, 0.1) is 22.1 Å². The van der Waals surface area contributed by atoms with Crippen LogP contribution in [-0.4, -0.2) is 47.9 Å². The number of halogens is 2. The van der Waals surface area contributed by atoms with Gasteiger partial charge < -0.3 is 19.7 Å². The van der Waals surface area contributed by atoms with Crippen LogP contribution in [0.4, 0.5) is 5.69 Å². The molecule has 0 spiro atoms. The largest absolute Gasteiger partial charge is 0.490 e. The highest BCUT2D eigenvalue weighted by molar-refractivity contribution is 6.42. The molecule has 0 saturated carbocycles. The van der Waals surface area contributed by atoms with Gasteiger partial charge in [-0.2, -0.15) is 0 Å². The summed E-state index contributed by atoms with van der Waals surface area (Å²) in [6, 6.07) is 8.10. The Hall–Kier alpha value is -3.04. The van der Waals surface area contributed by atoms with E-state index >= 15 is 0 Å². The first kappa shape index (κ1) is 27.2. The number of rotatable bonds is 11. The van der Waals surface area contributed by atoms with Crippen molar-refractivity contribution in [2.24, 2.45) is 5.92 Å². The number of nitrogens with one attached hydrogen (secondary N) is 1. The molecule has 2 amide bonds. The van der Waals surface area contributed by atoms with E-state index in [9.17, 15) is 19.7 Å². The molecule has 0 aliphatic carbocycles. The third kappa shape index (κ3) is 7.50. The lowest BCUT2D eigenvalue weighted by atomic mass is 10.1. The van der Waals surface area contributed by atoms with Crippen molar-refractivity contribution < 1.29 is 24.0 Å². The summed E-state index contributed by atoms with van der Waals surface area (Å²) in [7, 11) is 1.30. The van der Waals surface area contributed by atoms with Crippen LogP contribution in [-0.2, 0) is 16.1 Å². The number of methoxy groups -OCH3 is 1. The summed E-state index contributed by atoms with van der Waals surface area (Å²) in [5.74, 6) is -0.309. The molecule has 2 aromatic rings. The van der Waals surface area contributed by atoms with Crippen molar-refractivity contribution in [3.8, 4) is 11.5 Å². The summed E-state index contributed by atoms with van der Waals surface area (Å²) in [4.78, 5) is 37.7. The molecule has 0 saturated heterocycles. The fourth-order valence-corrected chi connectivity index (χ4v) is 3.32. The van der Waals surface area contributed by atoms with Crippen molar-refractivity contribution in [1.29, 1.82) is 0 Å². The van der Waals surface area contributed by atoms with E-state index in [1.807, 2.05) is 13.8 Å². The number of hydrogen-bond acceptors (Lipinski definition) is 6. The normalized spacial score (nSPS) is 11.6. The number of nitro benzene ring substituents is 1. The molecule has 0 aliphatic rings. The SMILES string of the molecule is COc1cc(OCC(=O)N(Cc2ccc(Cl)c(Cl)c2)[C@@H](C)C(=O)NCC(C)C)ccc1[N+](=O)[O-]. The second-order valence-corrected chi connectivity index (χ2v) is 8.78. The molecule has 1 atom stereocenters. The maximum Gasteiger partial charge on any atom is 0.311 e. The number of nitro groups is 1. The van der Waals surface area contributed by atoms with Crippen LogP contribution in [0.15, 0.2) is 36.4 Å². The average Bonchev–Trinajstić information content (AvgIpc) is 2.80. The van der Waals surface area contributed by atoms with Crippen molar-refractivity contribution in [3.05, 3.63) is 62.1 Å². The molecule has 184 valence electrons. The van der Waals surface area contributed by atoms with Crippen LogP contribution in [0, 0.1) is 16.0 Å². The lowest BCUT2D eigenvalue weighted by Crippen LogP contribution is -2.49. The van der Waals surface area contributed by atoms with E-state index in [-0.39, 0.29) is 35.6 Å². The van der Waals surface area contributed by atoms with Gasteiger partial charge in [0.25, 0.3) is 5.91 Å². The van der Waals surface area contributed by atoms with E-state index in [4.69, 9.17) is 32.7 Å². The Balaban J connectivity index is 2.21. The fourth-order valence-electron chi connectivity index (χ4n) is 3.00. The first-order valence-corrected chi connectivity index (χ1v) is 11.2. The molecular weight excluding hydrogens is 485 g/mol. The Labute approximate surface area is 208 Å². The first-order valence-electron chi connectivity index (χ1n) is 10.5. The Morgan fingerprint density at radius 3 is 2.41 bits per heavy atom. The zero-order chi connectivity index (χ0) is 25.4. The third-order valence-corrected chi connectivity index (χ3v) is 5.64. The van der Waals surface area contributed by atoms with E-state index in [1.54, 1.807) is 25.1 Å². The molecule has 1 N–H and O–H groups in total. The number of ether oxygens (including phenoxy) is 2. The second kappa shape index (κ2) is 12.4. The number of nitrogens with zero attached hydrogens (tertiary/aromatic N) is 2. The van der Waals surface area contributed by atoms with Gasteiger partial charge in [-0.05, 0) is 36.6 Å². The van der Waals surface area contributed by atoms with Gasteiger partial charge >= 0.3 is 5.69 Å². The smallest absolute Gasteiger partial charge is 0.311 e. The number of carbonyl (C=O) groups excluding carboxylic acids is 2. The van der Waals surface area contributed by atoms with Crippen molar-refractivity contribution >= 4 is 40.7 Å². The summed E-state index contributed by atoms with van der Waals surface area (Å²) < 4.78 is 10.6. The summed E-state index contributed by atoms with van der Waals surface area (Å²) in [6.07, 6.45) is 0. The molecule has 0 bridgehead atoms. The van der Waals surface area contributed by atoms with Crippen LogP contribution in [0.1, 0.15) is 26.3 Å². The maximum atomic E-state index is 13.1. The lowest BCUT2D eigenvalue weighted by Gasteiger charge is -2.29. The van der Waals surface area contributed by atoms with Crippen LogP contribution < -0.4 is 14.8 Å². The standard InChI is InChI=1S/C23H27Cl2N3O6/c1-14(2)11-26-23(30)15(3)27(12-16-5-7-18(24)19(25)9-16)22(29)13-34-17-6-8-20(28(31)32)21(10-17)33-4/h5-10,14-15H,11-13H2,1-4H3,(H,26,30)/t15-/m0/s1. The summed E-state index contributed by atoms with van der Waals surface area (Å²) in [6.45, 7) is 5.73. The average molecular weight is 512 g/mol. The zero-order valence-electron chi connectivity index (χ0n) is 19.3. The van der Waals surface area contributed by atoms with Crippen LogP contribution in [0.3, 0.4) is 0 Å². The molecule has 0 unspecified atom stereocenters. The minimum Gasteiger partial charge on any atom is -0.490 e. The van der Waals surface area contributed by atoms with Crippen LogP contribution in [0.5, 0.6) is 11.5 Å². The highest BCUT2D eigenvalue weighted by Crippen LogP contribution is 2.31. The molecule has 0 aliphatic heterocycles. The monoisotopic (exact) mass is 511 g/mol. The van der Waals surface area contributed by atoms with E-state index in [1.165, 1.54) is 30.2 Å². The molecule has 0 radical (unpaired) electrons. The van der Waals surface area contributed by atoms with Crippen LogP contribution in [0.25, 0.3) is 0 Å². The third-order valence-electron chi connectivity index (χ3n) is 4.90. The van der Waals surface area contributed by atoms with E-state index in [0.29, 0.717) is 22.2 Å². The van der Waals surface area contributed by atoms with Crippen molar-refractivity contribution in [2.45, 2.75) is 33.4 Å². The Bertz CT molecular complexity index is 1050. The van der Waals surface area contributed by atoms with Crippen molar-refractivity contribution in [1.82, 2.24) is 10.2 Å². The highest BCUT2D eigenvalue weighted by Gasteiger charge is 2.27.